The van der Waals surface area contributed by atoms with E-state index in [1.165, 1.54) is 32.1 Å². The number of aromatic nitrogens is 5. The minimum atomic E-state index is 0.139. The van der Waals surface area contributed by atoms with Gasteiger partial charge in [0.25, 0.3) is 0 Å². The van der Waals surface area contributed by atoms with Crippen LogP contribution >= 0.6 is 0 Å². The molecule has 1 atom stereocenters. The monoisotopic (exact) mass is 318 g/mol. The molecule has 0 saturated heterocycles. The van der Waals surface area contributed by atoms with Crippen molar-refractivity contribution in [3.05, 3.63) is 22.8 Å². The van der Waals surface area contributed by atoms with Gasteiger partial charge in [-0.05, 0) is 51.1 Å². The van der Waals surface area contributed by atoms with E-state index in [1.807, 2.05) is 18.5 Å². The van der Waals surface area contributed by atoms with Gasteiger partial charge in [0.2, 0.25) is 0 Å². The van der Waals surface area contributed by atoms with Gasteiger partial charge in [0.1, 0.15) is 5.76 Å². The number of hydrogen-bond donors (Lipinski definition) is 0. The van der Waals surface area contributed by atoms with E-state index in [9.17, 15) is 0 Å². The number of nitrogens with zero attached hydrogens (tertiary/aromatic N) is 6. The van der Waals surface area contributed by atoms with Gasteiger partial charge in [-0.2, -0.15) is 0 Å². The normalized spacial score (nSPS) is 17.8. The van der Waals surface area contributed by atoms with Crippen LogP contribution in [0.4, 0.5) is 0 Å². The molecule has 3 rings (SSSR count). The van der Waals surface area contributed by atoms with Gasteiger partial charge in [-0.3, -0.25) is 4.90 Å². The third-order valence-corrected chi connectivity index (χ3v) is 5.06. The second kappa shape index (κ2) is 6.78. The summed E-state index contributed by atoms with van der Waals surface area (Å²) >= 11 is 0. The fraction of sp³-hybridized carbons (Fsp3) is 0.750. The Kier molecular flexibility index (Phi) is 4.75. The number of hydrogen-bond acceptors (Lipinski definition) is 6. The van der Waals surface area contributed by atoms with E-state index in [-0.39, 0.29) is 6.04 Å². The molecule has 2 aromatic heterocycles. The van der Waals surface area contributed by atoms with Gasteiger partial charge in [-0.1, -0.05) is 24.4 Å². The molecule has 1 saturated carbocycles. The molecule has 0 bridgehead atoms. The SMILES string of the molecule is Cc1noc(C)c1CN(C)[C@H](C)c1nnnn1C1CCCCC1. The predicted octanol–water partition coefficient (Wildman–Crippen LogP) is 2.98. The zero-order chi connectivity index (χ0) is 16.4. The van der Waals surface area contributed by atoms with Crippen LogP contribution in [0.1, 0.15) is 74.0 Å². The van der Waals surface area contributed by atoms with Gasteiger partial charge in [0.15, 0.2) is 5.82 Å². The van der Waals surface area contributed by atoms with Gasteiger partial charge in [-0.15, -0.1) is 5.10 Å². The summed E-state index contributed by atoms with van der Waals surface area (Å²) in [5.74, 6) is 1.83. The van der Waals surface area contributed by atoms with E-state index in [0.29, 0.717) is 6.04 Å². The van der Waals surface area contributed by atoms with Crippen molar-refractivity contribution in [3.8, 4) is 0 Å². The fourth-order valence-electron chi connectivity index (χ4n) is 3.37. The number of tetrazole rings is 1. The molecule has 0 N–H and O–H groups in total. The van der Waals surface area contributed by atoms with Crippen molar-refractivity contribution in [1.82, 2.24) is 30.3 Å². The van der Waals surface area contributed by atoms with Gasteiger partial charge < -0.3 is 4.52 Å². The van der Waals surface area contributed by atoms with Crippen LogP contribution in [0.15, 0.2) is 4.52 Å². The molecule has 0 amide bonds. The summed E-state index contributed by atoms with van der Waals surface area (Å²) < 4.78 is 7.31. The Hall–Kier alpha value is -1.76. The molecular formula is C16H26N6O. The van der Waals surface area contributed by atoms with Crippen LogP contribution in [-0.2, 0) is 6.54 Å². The Morgan fingerprint density at radius 3 is 2.65 bits per heavy atom. The molecule has 1 fully saturated rings. The molecule has 126 valence electrons. The van der Waals surface area contributed by atoms with Crippen LogP contribution in [0.25, 0.3) is 0 Å². The maximum absolute atomic E-state index is 5.26. The molecule has 1 aliphatic rings. The quantitative estimate of drug-likeness (QED) is 0.844. The Bertz CT molecular complexity index is 623. The second-order valence-electron chi connectivity index (χ2n) is 6.67. The van der Waals surface area contributed by atoms with Crippen molar-refractivity contribution in [2.75, 3.05) is 7.05 Å². The van der Waals surface area contributed by atoms with Crippen molar-refractivity contribution in [3.63, 3.8) is 0 Å². The molecule has 0 unspecified atom stereocenters. The van der Waals surface area contributed by atoms with E-state index in [1.54, 1.807) is 0 Å². The first-order chi connectivity index (χ1) is 11.1. The van der Waals surface area contributed by atoms with Gasteiger partial charge in [-0.25, -0.2) is 4.68 Å². The van der Waals surface area contributed by atoms with Crippen molar-refractivity contribution >= 4 is 0 Å². The predicted molar refractivity (Wildman–Crippen MR) is 85.8 cm³/mol. The summed E-state index contributed by atoms with van der Waals surface area (Å²) in [6.07, 6.45) is 6.23. The second-order valence-corrected chi connectivity index (χ2v) is 6.67. The number of rotatable bonds is 5. The molecule has 0 aliphatic heterocycles. The first kappa shape index (κ1) is 16.1. The molecule has 23 heavy (non-hydrogen) atoms. The summed E-state index contributed by atoms with van der Waals surface area (Å²) in [4.78, 5) is 2.25. The van der Waals surface area contributed by atoms with Crippen molar-refractivity contribution < 1.29 is 4.52 Å². The molecule has 0 spiro atoms. The highest BCUT2D eigenvalue weighted by molar-refractivity contribution is 5.20. The van der Waals surface area contributed by atoms with Crippen molar-refractivity contribution in [2.45, 2.75) is 71.5 Å². The standard InChI is InChI=1S/C16H26N6O/c1-11-15(13(3)23-18-11)10-21(4)12(2)16-17-19-20-22(16)14-8-6-5-7-9-14/h12,14H,5-10H2,1-4H3/t12-/m1/s1. The van der Waals surface area contributed by atoms with Crippen LogP contribution in [0.2, 0.25) is 0 Å². The van der Waals surface area contributed by atoms with Crippen LogP contribution in [0.3, 0.4) is 0 Å². The van der Waals surface area contributed by atoms with Crippen LogP contribution in [0, 0.1) is 13.8 Å². The molecule has 0 radical (unpaired) electrons. The third-order valence-electron chi connectivity index (χ3n) is 5.06. The summed E-state index contributed by atoms with van der Waals surface area (Å²) in [6.45, 7) is 6.87. The minimum absolute atomic E-state index is 0.139. The average Bonchev–Trinajstić information content (AvgIpc) is 3.17. The molecule has 7 heteroatoms. The zero-order valence-electron chi connectivity index (χ0n) is 14.5. The zero-order valence-corrected chi connectivity index (χ0v) is 14.5. The Morgan fingerprint density at radius 1 is 1.26 bits per heavy atom. The highest BCUT2D eigenvalue weighted by Crippen LogP contribution is 2.30. The third kappa shape index (κ3) is 3.29. The first-order valence-corrected chi connectivity index (χ1v) is 8.47. The smallest absolute Gasteiger partial charge is 0.168 e. The summed E-state index contributed by atoms with van der Waals surface area (Å²) in [6, 6.07) is 0.587. The van der Waals surface area contributed by atoms with E-state index in [0.717, 1.165) is 29.4 Å². The topological polar surface area (TPSA) is 72.9 Å². The Morgan fingerprint density at radius 2 is 2.00 bits per heavy atom. The lowest BCUT2D eigenvalue weighted by molar-refractivity contribution is 0.221. The number of aryl methyl sites for hydroxylation is 2. The molecule has 7 nitrogen and oxygen atoms in total. The average molecular weight is 318 g/mol. The maximum Gasteiger partial charge on any atom is 0.168 e. The largest absolute Gasteiger partial charge is 0.361 e. The Labute approximate surface area is 137 Å². The highest BCUT2D eigenvalue weighted by Gasteiger charge is 2.25. The van der Waals surface area contributed by atoms with E-state index in [4.69, 9.17) is 4.52 Å². The Balaban J connectivity index is 1.75. The van der Waals surface area contributed by atoms with Crippen molar-refractivity contribution in [2.24, 2.45) is 0 Å². The first-order valence-electron chi connectivity index (χ1n) is 8.47. The van der Waals surface area contributed by atoms with Crippen LogP contribution in [-0.4, -0.2) is 37.3 Å². The van der Waals surface area contributed by atoms with Gasteiger partial charge in [0, 0.05) is 12.1 Å². The summed E-state index contributed by atoms with van der Waals surface area (Å²) in [5.41, 5.74) is 2.10. The van der Waals surface area contributed by atoms with Gasteiger partial charge >= 0.3 is 0 Å². The lowest BCUT2D eigenvalue weighted by Gasteiger charge is -2.27. The fourth-order valence-corrected chi connectivity index (χ4v) is 3.37. The summed E-state index contributed by atoms with van der Waals surface area (Å²) in [5, 5.41) is 16.6. The molecular weight excluding hydrogens is 292 g/mol. The van der Waals surface area contributed by atoms with Gasteiger partial charge in [0.05, 0.1) is 17.8 Å². The van der Waals surface area contributed by atoms with E-state index < -0.39 is 0 Å². The minimum Gasteiger partial charge on any atom is -0.361 e. The molecule has 2 aromatic rings. The summed E-state index contributed by atoms with van der Waals surface area (Å²) in [7, 11) is 2.09. The lowest BCUT2D eigenvalue weighted by atomic mass is 9.95. The van der Waals surface area contributed by atoms with Crippen molar-refractivity contribution in [1.29, 1.82) is 0 Å². The molecule has 1 aliphatic carbocycles. The molecule has 0 aromatic carbocycles. The maximum atomic E-state index is 5.26. The van der Waals surface area contributed by atoms with Crippen LogP contribution < -0.4 is 0 Å². The lowest BCUT2D eigenvalue weighted by Crippen LogP contribution is -2.27. The highest BCUT2D eigenvalue weighted by atomic mass is 16.5. The van der Waals surface area contributed by atoms with E-state index in [2.05, 4.69) is 39.6 Å². The van der Waals surface area contributed by atoms with E-state index >= 15 is 0 Å². The van der Waals surface area contributed by atoms with Crippen LogP contribution in [0.5, 0.6) is 0 Å². The molecule has 2 heterocycles.